The van der Waals surface area contributed by atoms with Gasteiger partial charge in [-0.3, -0.25) is 14.5 Å². The van der Waals surface area contributed by atoms with Gasteiger partial charge in [-0.05, 0) is 47.2 Å². The predicted octanol–water partition coefficient (Wildman–Crippen LogP) is 4.73. The Morgan fingerprint density at radius 1 is 1.04 bits per heavy atom. The highest BCUT2D eigenvalue weighted by Gasteiger charge is 2.45. The molecule has 1 amide bonds. The molecule has 0 fully saturated rings. The maximum absolute atomic E-state index is 13.3. The molecule has 4 nitrogen and oxygen atoms in total. The van der Waals surface area contributed by atoms with Crippen LogP contribution in [0, 0.1) is 5.82 Å². The van der Waals surface area contributed by atoms with Gasteiger partial charge in [-0.2, -0.15) is 0 Å². The molecule has 4 rings (SSSR count). The molecule has 1 N–H and O–H groups in total. The molecule has 3 aromatic rings. The van der Waals surface area contributed by atoms with Crippen molar-refractivity contribution in [2.24, 2.45) is 0 Å². The number of amides is 1. The van der Waals surface area contributed by atoms with E-state index in [0.29, 0.717) is 10.6 Å². The van der Waals surface area contributed by atoms with E-state index in [4.69, 9.17) is 0 Å². The molecule has 26 heavy (non-hydrogen) atoms. The average molecular weight is 385 g/mol. The highest BCUT2D eigenvalue weighted by molar-refractivity contribution is 7.12. The molecule has 7 heteroatoms. The summed E-state index contributed by atoms with van der Waals surface area (Å²) in [6, 6.07) is 11.7. The van der Waals surface area contributed by atoms with Gasteiger partial charge in [0.1, 0.15) is 11.9 Å². The Bertz CT molecular complexity index is 992. The smallest absolute Gasteiger partial charge is 0.294 e. The van der Waals surface area contributed by atoms with Crippen LogP contribution in [-0.2, 0) is 4.79 Å². The number of carbonyl (C=O) groups is 2. The van der Waals surface area contributed by atoms with Crippen molar-refractivity contribution in [2.45, 2.75) is 6.04 Å². The summed E-state index contributed by atoms with van der Waals surface area (Å²) in [6.45, 7) is 0. The number of benzene rings is 1. The first-order chi connectivity index (χ1) is 12.6. The molecule has 0 saturated heterocycles. The number of aliphatic hydroxyl groups excluding tert-OH is 1. The van der Waals surface area contributed by atoms with Gasteiger partial charge < -0.3 is 5.11 Å². The maximum atomic E-state index is 13.3. The molecule has 1 aliphatic heterocycles. The summed E-state index contributed by atoms with van der Waals surface area (Å²) in [5.74, 6) is -2.05. The molecule has 0 saturated carbocycles. The first-order valence-corrected chi connectivity index (χ1v) is 9.47. The van der Waals surface area contributed by atoms with Crippen molar-refractivity contribution in [1.82, 2.24) is 0 Å². The summed E-state index contributed by atoms with van der Waals surface area (Å²) in [5.41, 5.74) is 0.458. The Kier molecular flexibility index (Phi) is 4.18. The standard InChI is InChI=1S/C19H12FNO3S2/c20-11-5-7-12(8-6-11)21-16(13-3-1-9-25-13)15(18(23)19(21)24)17(22)14-4-2-10-26-14/h1-10,16,23H. The van der Waals surface area contributed by atoms with Crippen molar-refractivity contribution in [3.05, 3.63) is 86.2 Å². The van der Waals surface area contributed by atoms with Crippen molar-refractivity contribution >= 4 is 40.1 Å². The van der Waals surface area contributed by atoms with Crippen LogP contribution in [-0.4, -0.2) is 16.8 Å². The molecule has 0 spiro atoms. The molecule has 3 heterocycles. The Labute approximate surface area is 156 Å². The number of ketones is 1. The summed E-state index contributed by atoms with van der Waals surface area (Å²) in [5, 5.41) is 14.1. The molecule has 2 aromatic heterocycles. The van der Waals surface area contributed by atoms with E-state index in [2.05, 4.69) is 0 Å². The molecular formula is C19H12FNO3S2. The third-order valence-corrected chi connectivity index (χ3v) is 5.91. The van der Waals surface area contributed by atoms with E-state index >= 15 is 0 Å². The van der Waals surface area contributed by atoms with E-state index in [9.17, 15) is 19.1 Å². The molecule has 1 aliphatic rings. The molecule has 130 valence electrons. The van der Waals surface area contributed by atoms with Crippen molar-refractivity contribution in [3.8, 4) is 0 Å². The Morgan fingerprint density at radius 3 is 2.35 bits per heavy atom. The van der Waals surface area contributed by atoms with Crippen LogP contribution in [0.5, 0.6) is 0 Å². The SMILES string of the molecule is O=C(C1=C(O)C(=O)N(c2ccc(F)cc2)C1c1cccs1)c1cccs1. The second-order valence-corrected chi connectivity index (χ2v) is 7.57. The summed E-state index contributed by atoms with van der Waals surface area (Å²) in [4.78, 5) is 28.2. The van der Waals surface area contributed by atoms with E-state index in [1.54, 1.807) is 23.6 Å². The van der Waals surface area contributed by atoms with Gasteiger partial charge in [-0.25, -0.2) is 4.39 Å². The van der Waals surface area contributed by atoms with Crippen LogP contribution in [0.25, 0.3) is 0 Å². The Hall–Kier alpha value is -2.77. The Morgan fingerprint density at radius 2 is 1.73 bits per heavy atom. The second kappa shape index (κ2) is 6.51. The number of hydrogen-bond acceptors (Lipinski definition) is 5. The van der Waals surface area contributed by atoms with Gasteiger partial charge >= 0.3 is 0 Å². The Balaban J connectivity index is 1.86. The van der Waals surface area contributed by atoms with Gasteiger partial charge in [0.05, 0.1) is 10.5 Å². The van der Waals surface area contributed by atoms with E-state index in [-0.39, 0.29) is 11.4 Å². The number of aliphatic hydroxyl groups is 1. The van der Waals surface area contributed by atoms with E-state index in [1.165, 1.54) is 51.8 Å². The number of nitrogens with zero attached hydrogens (tertiary/aromatic N) is 1. The minimum absolute atomic E-state index is 0.0456. The molecule has 0 bridgehead atoms. The number of halogens is 1. The van der Waals surface area contributed by atoms with Gasteiger partial charge in [-0.1, -0.05) is 12.1 Å². The van der Waals surface area contributed by atoms with Crippen LogP contribution in [0.2, 0.25) is 0 Å². The lowest BCUT2D eigenvalue weighted by atomic mass is 10.0. The fraction of sp³-hybridized carbons (Fsp3) is 0.0526. The molecule has 0 aliphatic carbocycles. The number of carbonyl (C=O) groups excluding carboxylic acids is 2. The minimum atomic E-state index is -0.748. The minimum Gasteiger partial charge on any atom is -0.503 e. The van der Waals surface area contributed by atoms with Gasteiger partial charge in [0.2, 0.25) is 5.78 Å². The monoisotopic (exact) mass is 385 g/mol. The van der Waals surface area contributed by atoms with Crippen molar-refractivity contribution < 1.29 is 19.1 Å². The van der Waals surface area contributed by atoms with E-state index in [1.807, 2.05) is 11.4 Å². The third kappa shape index (κ3) is 2.65. The van der Waals surface area contributed by atoms with Crippen molar-refractivity contribution in [2.75, 3.05) is 4.90 Å². The first-order valence-electron chi connectivity index (χ1n) is 7.72. The maximum Gasteiger partial charge on any atom is 0.294 e. The summed E-state index contributed by atoms with van der Waals surface area (Å²) >= 11 is 2.63. The van der Waals surface area contributed by atoms with E-state index in [0.717, 1.165) is 4.88 Å². The zero-order valence-corrected chi connectivity index (χ0v) is 14.9. The quantitative estimate of drug-likeness (QED) is 0.661. The van der Waals surface area contributed by atoms with Crippen LogP contribution in [0.4, 0.5) is 10.1 Å². The topological polar surface area (TPSA) is 57.6 Å². The number of rotatable bonds is 4. The van der Waals surface area contributed by atoms with Crippen LogP contribution in [0.1, 0.15) is 20.6 Å². The number of hydrogen-bond donors (Lipinski definition) is 1. The summed E-state index contributed by atoms with van der Waals surface area (Å²) in [7, 11) is 0. The lowest BCUT2D eigenvalue weighted by Crippen LogP contribution is -2.30. The van der Waals surface area contributed by atoms with Crippen molar-refractivity contribution in [3.63, 3.8) is 0 Å². The van der Waals surface area contributed by atoms with Crippen LogP contribution in [0.15, 0.2) is 70.6 Å². The molecule has 1 atom stereocenters. The van der Waals surface area contributed by atoms with Crippen LogP contribution >= 0.6 is 22.7 Å². The van der Waals surface area contributed by atoms with Gasteiger partial charge in [0.25, 0.3) is 5.91 Å². The summed E-state index contributed by atoms with van der Waals surface area (Å²) in [6.07, 6.45) is 0. The van der Waals surface area contributed by atoms with Gasteiger partial charge in [-0.15, -0.1) is 22.7 Å². The zero-order chi connectivity index (χ0) is 18.3. The number of Topliss-reactive ketones (excluding diaryl/α,β-unsaturated/α-hetero) is 1. The fourth-order valence-electron chi connectivity index (χ4n) is 2.96. The highest BCUT2D eigenvalue weighted by Crippen LogP contribution is 2.43. The lowest BCUT2D eigenvalue weighted by Gasteiger charge is -2.25. The molecule has 1 aromatic carbocycles. The first kappa shape index (κ1) is 16.7. The second-order valence-electron chi connectivity index (χ2n) is 5.64. The van der Waals surface area contributed by atoms with Gasteiger partial charge in [0, 0.05) is 10.6 Å². The molecule has 0 radical (unpaired) electrons. The van der Waals surface area contributed by atoms with Crippen molar-refractivity contribution in [1.29, 1.82) is 0 Å². The van der Waals surface area contributed by atoms with E-state index < -0.39 is 23.5 Å². The van der Waals surface area contributed by atoms with Crippen LogP contribution in [0.3, 0.4) is 0 Å². The highest BCUT2D eigenvalue weighted by atomic mass is 32.1. The normalized spacial score (nSPS) is 17.2. The lowest BCUT2D eigenvalue weighted by molar-refractivity contribution is -0.117. The predicted molar refractivity (Wildman–Crippen MR) is 99.3 cm³/mol. The largest absolute Gasteiger partial charge is 0.503 e. The third-order valence-electron chi connectivity index (χ3n) is 4.12. The fourth-order valence-corrected chi connectivity index (χ4v) is 4.46. The molecule has 1 unspecified atom stereocenters. The average Bonchev–Trinajstić information content (AvgIpc) is 3.38. The molecular weight excluding hydrogens is 373 g/mol. The number of thiophene rings is 2. The summed E-state index contributed by atoms with van der Waals surface area (Å²) < 4.78 is 13.3. The zero-order valence-electron chi connectivity index (χ0n) is 13.3. The number of anilines is 1. The van der Waals surface area contributed by atoms with Gasteiger partial charge in [0.15, 0.2) is 5.76 Å². The van der Waals surface area contributed by atoms with Crippen LogP contribution < -0.4 is 4.90 Å².